The maximum absolute atomic E-state index is 11.6. The van der Waals surface area contributed by atoms with E-state index in [1.807, 2.05) is 33.8 Å². The molecular formula is C28H52O4. The van der Waals surface area contributed by atoms with Gasteiger partial charge < -0.3 is 9.47 Å². The van der Waals surface area contributed by atoms with Crippen LogP contribution < -0.4 is 0 Å². The highest BCUT2D eigenvalue weighted by Gasteiger charge is 2.06. The van der Waals surface area contributed by atoms with E-state index in [0.717, 1.165) is 38.5 Å². The van der Waals surface area contributed by atoms with Crippen molar-refractivity contribution >= 4 is 11.9 Å². The van der Waals surface area contributed by atoms with Crippen molar-refractivity contribution < 1.29 is 19.1 Å². The van der Waals surface area contributed by atoms with Crippen molar-refractivity contribution in [1.82, 2.24) is 0 Å². The Morgan fingerprint density at radius 2 is 1.03 bits per heavy atom. The molecule has 0 amide bonds. The van der Waals surface area contributed by atoms with Crippen LogP contribution in [0.1, 0.15) is 143 Å². The fourth-order valence-corrected chi connectivity index (χ4v) is 3.52. The Morgan fingerprint density at radius 3 is 1.50 bits per heavy atom. The summed E-state index contributed by atoms with van der Waals surface area (Å²) in [5, 5.41) is 0. The van der Waals surface area contributed by atoms with Gasteiger partial charge in [-0.3, -0.25) is 4.79 Å². The lowest BCUT2D eigenvalue weighted by molar-refractivity contribution is -0.148. The Labute approximate surface area is 198 Å². The van der Waals surface area contributed by atoms with E-state index in [1.54, 1.807) is 6.08 Å². The van der Waals surface area contributed by atoms with Gasteiger partial charge in [-0.05, 0) is 46.0 Å². The molecule has 0 rings (SSSR count). The molecule has 4 nitrogen and oxygen atoms in total. The van der Waals surface area contributed by atoms with Crippen LogP contribution in [0.4, 0.5) is 0 Å². The topological polar surface area (TPSA) is 52.6 Å². The predicted octanol–water partition coefficient (Wildman–Crippen LogP) is 8.47. The summed E-state index contributed by atoms with van der Waals surface area (Å²) in [6.07, 6.45) is 24.7. The van der Waals surface area contributed by atoms with E-state index in [2.05, 4.69) is 0 Å². The third-order valence-corrected chi connectivity index (χ3v) is 6.06. The second-order valence-corrected chi connectivity index (χ2v) is 9.26. The second kappa shape index (κ2) is 22.9. The lowest BCUT2D eigenvalue weighted by Crippen LogP contribution is -2.13. The molecular weight excluding hydrogens is 400 g/mol. The molecule has 0 aromatic rings. The van der Waals surface area contributed by atoms with Gasteiger partial charge in [0.15, 0.2) is 0 Å². The van der Waals surface area contributed by atoms with E-state index in [-0.39, 0.29) is 24.1 Å². The van der Waals surface area contributed by atoms with E-state index in [1.165, 1.54) is 70.6 Å². The lowest BCUT2D eigenvalue weighted by Gasteiger charge is -2.10. The third kappa shape index (κ3) is 21.9. The van der Waals surface area contributed by atoms with Gasteiger partial charge in [0.1, 0.15) is 0 Å². The van der Waals surface area contributed by atoms with Gasteiger partial charge in [-0.2, -0.15) is 0 Å². The van der Waals surface area contributed by atoms with Crippen LogP contribution in [0.15, 0.2) is 12.2 Å². The smallest absolute Gasteiger partial charge is 0.330 e. The molecule has 2 atom stereocenters. The van der Waals surface area contributed by atoms with Crippen LogP contribution in [-0.2, 0) is 19.1 Å². The van der Waals surface area contributed by atoms with Crippen molar-refractivity contribution in [3.05, 3.63) is 12.2 Å². The molecule has 32 heavy (non-hydrogen) atoms. The maximum Gasteiger partial charge on any atom is 0.330 e. The Hall–Kier alpha value is -1.32. The molecule has 0 aliphatic carbocycles. The van der Waals surface area contributed by atoms with Gasteiger partial charge in [0, 0.05) is 12.5 Å². The fraction of sp³-hybridized carbons (Fsp3) is 0.857. The van der Waals surface area contributed by atoms with Crippen molar-refractivity contribution in [1.29, 1.82) is 0 Å². The van der Waals surface area contributed by atoms with E-state index < -0.39 is 0 Å². The molecule has 2 unspecified atom stereocenters. The van der Waals surface area contributed by atoms with Gasteiger partial charge in [-0.25, -0.2) is 4.79 Å². The number of carbonyl (C=O) groups excluding carboxylic acids is 2. The monoisotopic (exact) mass is 452 g/mol. The highest BCUT2D eigenvalue weighted by Crippen LogP contribution is 2.14. The van der Waals surface area contributed by atoms with Gasteiger partial charge >= 0.3 is 11.9 Å². The van der Waals surface area contributed by atoms with Crippen molar-refractivity contribution in [3.63, 3.8) is 0 Å². The van der Waals surface area contributed by atoms with Crippen LogP contribution in [0, 0.1) is 0 Å². The molecule has 0 aromatic heterocycles. The second-order valence-electron chi connectivity index (χ2n) is 9.26. The number of hydrogen-bond acceptors (Lipinski definition) is 4. The van der Waals surface area contributed by atoms with E-state index in [9.17, 15) is 9.59 Å². The fourth-order valence-electron chi connectivity index (χ4n) is 3.52. The van der Waals surface area contributed by atoms with Crippen LogP contribution in [0.3, 0.4) is 0 Å². The van der Waals surface area contributed by atoms with Gasteiger partial charge in [0.2, 0.25) is 0 Å². The predicted molar refractivity (Wildman–Crippen MR) is 135 cm³/mol. The molecule has 0 bridgehead atoms. The lowest BCUT2D eigenvalue weighted by atomic mass is 10.0. The minimum absolute atomic E-state index is 0.00944. The zero-order chi connectivity index (χ0) is 23.9. The third-order valence-electron chi connectivity index (χ3n) is 6.06. The van der Waals surface area contributed by atoms with Crippen molar-refractivity contribution in [2.45, 2.75) is 155 Å². The average molecular weight is 453 g/mol. The number of esters is 2. The number of carbonyl (C=O) groups is 2. The molecule has 0 aliphatic rings. The van der Waals surface area contributed by atoms with Crippen LogP contribution >= 0.6 is 0 Å². The summed E-state index contributed by atoms with van der Waals surface area (Å²) in [5.74, 6) is -0.242. The molecule has 0 spiro atoms. The molecule has 0 heterocycles. The van der Waals surface area contributed by atoms with Gasteiger partial charge in [0.05, 0.1) is 12.2 Å². The first-order valence-corrected chi connectivity index (χ1v) is 13.6. The first-order valence-electron chi connectivity index (χ1n) is 13.6. The number of unbranched alkanes of at least 4 members (excludes halogenated alkanes) is 14. The van der Waals surface area contributed by atoms with Crippen LogP contribution in [-0.4, -0.2) is 24.1 Å². The highest BCUT2D eigenvalue weighted by molar-refractivity contribution is 5.81. The Balaban J connectivity index is 3.25. The zero-order valence-corrected chi connectivity index (χ0v) is 21.7. The largest absolute Gasteiger partial charge is 0.463 e. The molecule has 0 aromatic carbocycles. The van der Waals surface area contributed by atoms with E-state index in [4.69, 9.17) is 9.47 Å². The molecule has 0 saturated carbocycles. The summed E-state index contributed by atoms with van der Waals surface area (Å²) in [7, 11) is 0. The summed E-state index contributed by atoms with van der Waals surface area (Å²) in [6.45, 7) is 7.93. The number of allylic oxidation sites excluding steroid dienone is 1. The summed E-state index contributed by atoms with van der Waals surface area (Å²) in [4.78, 5) is 23.1. The maximum atomic E-state index is 11.6. The number of hydrogen-bond donors (Lipinski definition) is 0. The molecule has 0 N–H and O–H groups in total. The Morgan fingerprint density at radius 1 is 0.625 bits per heavy atom. The minimum atomic E-state index is -0.210. The molecule has 188 valence electrons. The number of ether oxygens (including phenoxy) is 2. The van der Waals surface area contributed by atoms with Crippen LogP contribution in [0.5, 0.6) is 0 Å². The SMILES string of the molecule is CCC(C)OC(=O)/C=C/CCCCCCCCCCCCCCCCC(=O)OC(C)CC. The molecule has 0 saturated heterocycles. The van der Waals surface area contributed by atoms with Gasteiger partial charge in [0.25, 0.3) is 0 Å². The highest BCUT2D eigenvalue weighted by atomic mass is 16.5. The number of rotatable bonds is 22. The first kappa shape index (κ1) is 30.7. The molecule has 4 heteroatoms. The summed E-state index contributed by atoms with van der Waals surface area (Å²) >= 11 is 0. The average Bonchev–Trinajstić information content (AvgIpc) is 2.77. The zero-order valence-electron chi connectivity index (χ0n) is 21.7. The van der Waals surface area contributed by atoms with E-state index >= 15 is 0 Å². The van der Waals surface area contributed by atoms with Crippen LogP contribution in [0.2, 0.25) is 0 Å². The first-order chi connectivity index (χ1) is 15.5. The Kier molecular flexibility index (Phi) is 21.9. The van der Waals surface area contributed by atoms with Crippen LogP contribution in [0.25, 0.3) is 0 Å². The normalized spacial score (nSPS) is 13.2. The van der Waals surface area contributed by atoms with Crippen molar-refractivity contribution in [3.8, 4) is 0 Å². The van der Waals surface area contributed by atoms with Gasteiger partial charge in [-0.15, -0.1) is 0 Å². The molecule has 0 fully saturated rings. The standard InChI is InChI=1S/C28H52O4/c1-5-25(3)31-27(29)23-21-19-17-15-13-11-9-7-8-10-12-14-16-18-20-22-24-28(30)32-26(4)6-2/h21,23,25-26H,5-20,22,24H2,1-4H3/b23-21+. The van der Waals surface area contributed by atoms with Crippen molar-refractivity contribution in [2.75, 3.05) is 0 Å². The van der Waals surface area contributed by atoms with E-state index in [0.29, 0.717) is 6.42 Å². The molecule has 0 aliphatic heterocycles. The van der Waals surface area contributed by atoms with Crippen molar-refractivity contribution in [2.24, 2.45) is 0 Å². The summed E-state index contributed by atoms with van der Waals surface area (Å²) in [6, 6.07) is 0. The Bertz CT molecular complexity index is 472. The quantitative estimate of drug-likeness (QED) is 0.0938. The summed E-state index contributed by atoms with van der Waals surface area (Å²) < 4.78 is 10.5. The summed E-state index contributed by atoms with van der Waals surface area (Å²) in [5.41, 5.74) is 0. The van der Waals surface area contributed by atoms with Gasteiger partial charge in [-0.1, -0.05) is 97.0 Å². The minimum Gasteiger partial charge on any atom is -0.463 e. The molecule has 0 radical (unpaired) electrons.